The molecule has 3 rings (SSSR count). The molecule has 0 amide bonds. The third kappa shape index (κ3) is 3.59. The van der Waals surface area contributed by atoms with E-state index in [2.05, 4.69) is 16.0 Å². The Hall–Kier alpha value is -2.61. The van der Waals surface area contributed by atoms with Crippen LogP contribution in [-0.4, -0.2) is 16.6 Å². The van der Waals surface area contributed by atoms with Crippen LogP contribution in [0.3, 0.4) is 0 Å². The van der Waals surface area contributed by atoms with Crippen LogP contribution in [-0.2, 0) is 0 Å². The largest absolute Gasteiger partial charge is 0.492 e. The first-order valence-corrected chi connectivity index (χ1v) is 7.98. The van der Waals surface area contributed by atoms with E-state index in [1.165, 1.54) is 6.42 Å². The first-order valence-electron chi connectivity index (χ1n) is 7.98. The lowest BCUT2D eigenvalue weighted by atomic mass is 9.80. The number of rotatable bonds is 4. The Kier molecular flexibility index (Phi) is 4.72. The Morgan fingerprint density at radius 3 is 2.87 bits per heavy atom. The van der Waals surface area contributed by atoms with E-state index < -0.39 is 0 Å². The second-order valence-corrected chi connectivity index (χ2v) is 5.89. The van der Waals surface area contributed by atoms with E-state index in [9.17, 15) is 5.26 Å². The summed E-state index contributed by atoms with van der Waals surface area (Å²) >= 11 is 0. The lowest BCUT2D eigenvalue weighted by Gasteiger charge is -2.26. The molecule has 1 heterocycles. The fraction of sp³-hybridized carbons (Fsp3) is 0.389. The number of hydrogen-bond donors (Lipinski definition) is 1. The van der Waals surface area contributed by atoms with Crippen molar-refractivity contribution in [3.63, 3.8) is 0 Å². The average molecular weight is 308 g/mol. The second-order valence-electron chi connectivity index (χ2n) is 5.89. The van der Waals surface area contributed by atoms with Gasteiger partial charge in [0.15, 0.2) is 5.82 Å². The zero-order valence-corrected chi connectivity index (χ0v) is 13.0. The van der Waals surface area contributed by atoms with E-state index in [0.29, 0.717) is 24.2 Å². The maximum absolute atomic E-state index is 9.28. The number of para-hydroxylation sites is 1. The Morgan fingerprint density at radius 2 is 2.04 bits per heavy atom. The summed E-state index contributed by atoms with van der Waals surface area (Å²) in [6, 6.07) is 11.8. The highest BCUT2D eigenvalue weighted by molar-refractivity contribution is 5.64. The molecule has 5 heteroatoms. The quantitative estimate of drug-likeness (QED) is 0.935. The molecule has 0 saturated heterocycles. The van der Waals surface area contributed by atoms with Crippen molar-refractivity contribution in [3.05, 3.63) is 36.5 Å². The van der Waals surface area contributed by atoms with Crippen molar-refractivity contribution in [3.8, 4) is 23.2 Å². The highest BCUT2D eigenvalue weighted by Gasteiger charge is 2.25. The maximum Gasteiger partial charge on any atom is 0.165 e. The summed E-state index contributed by atoms with van der Waals surface area (Å²) in [5.74, 6) is 2.12. The molecule has 1 aromatic heterocycles. The van der Waals surface area contributed by atoms with Crippen LogP contribution >= 0.6 is 0 Å². The van der Waals surface area contributed by atoms with Crippen LogP contribution in [0, 0.1) is 23.2 Å². The number of hydrogen-bond acceptors (Lipinski definition) is 5. The Balaban J connectivity index is 1.77. The van der Waals surface area contributed by atoms with Gasteiger partial charge in [0.1, 0.15) is 11.6 Å². The number of anilines is 1. The molecule has 1 aliphatic rings. The van der Waals surface area contributed by atoms with E-state index in [-0.39, 0.29) is 5.92 Å². The van der Waals surface area contributed by atoms with Gasteiger partial charge in [-0.25, -0.2) is 9.97 Å². The second kappa shape index (κ2) is 7.10. The Labute approximate surface area is 136 Å². The summed E-state index contributed by atoms with van der Waals surface area (Å²) < 4.78 is 6.03. The average Bonchev–Trinajstić information content (AvgIpc) is 2.60. The third-order valence-corrected chi connectivity index (χ3v) is 4.33. The normalized spacial score (nSPS) is 20.7. The molecule has 1 aromatic carbocycles. The molecular formula is C18H20N4O. The molecule has 2 unspecified atom stereocenters. The minimum atomic E-state index is 0.0968. The van der Waals surface area contributed by atoms with E-state index >= 15 is 0 Å². The molecule has 2 aromatic rings. The predicted molar refractivity (Wildman–Crippen MR) is 88.4 cm³/mol. The number of nitrogens with two attached hydrogens (primary N) is 1. The van der Waals surface area contributed by atoms with Gasteiger partial charge in [-0.1, -0.05) is 25.0 Å². The molecule has 0 radical (unpaired) electrons. The van der Waals surface area contributed by atoms with Crippen LogP contribution in [0.1, 0.15) is 25.7 Å². The van der Waals surface area contributed by atoms with E-state index in [4.69, 9.17) is 10.5 Å². The maximum atomic E-state index is 9.28. The molecule has 118 valence electrons. The zero-order chi connectivity index (χ0) is 16.1. The van der Waals surface area contributed by atoms with Gasteiger partial charge in [-0.2, -0.15) is 5.26 Å². The van der Waals surface area contributed by atoms with Gasteiger partial charge in [0.25, 0.3) is 0 Å². The van der Waals surface area contributed by atoms with Crippen molar-refractivity contribution in [1.29, 1.82) is 5.26 Å². The third-order valence-electron chi connectivity index (χ3n) is 4.33. The monoisotopic (exact) mass is 308 g/mol. The highest BCUT2D eigenvalue weighted by Crippen LogP contribution is 2.32. The number of benzene rings is 1. The lowest BCUT2D eigenvalue weighted by molar-refractivity contribution is 0.177. The summed E-state index contributed by atoms with van der Waals surface area (Å²) in [5, 5.41) is 9.28. The molecule has 23 heavy (non-hydrogen) atoms. The first kappa shape index (κ1) is 15.3. The van der Waals surface area contributed by atoms with Gasteiger partial charge in [-0.3, -0.25) is 0 Å². The summed E-state index contributed by atoms with van der Waals surface area (Å²) in [6.07, 6.45) is 5.98. The van der Waals surface area contributed by atoms with Crippen molar-refractivity contribution < 1.29 is 4.74 Å². The van der Waals surface area contributed by atoms with Crippen molar-refractivity contribution in [2.24, 2.45) is 11.8 Å². The molecule has 1 aliphatic carbocycles. The van der Waals surface area contributed by atoms with E-state index in [0.717, 1.165) is 30.6 Å². The minimum Gasteiger partial charge on any atom is -0.492 e. The van der Waals surface area contributed by atoms with Crippen molar-refractivity contribution in [1.82, 2.24) is 9.97 Å². The Bertz CT molecular complexity index is 710. The molecule has 5 nitrogen and oxygen atoms in total. The van der Waals surface area contributed by atoms with Crippen LogP contribution in [0.2, 0.25) is 0 Å². The van der Waals surface area contributed by atoms with Crippen LogP contribution in [0.25, 0.3) is 11.4 Å². The SMILES string of the molecule is N#CC1CCCCC1COc1ccccc1-c1nccc(N)n1. The topological polar surface area (TPSA) is 84.8 Å². The fourth-order valence-electron chi connectivity index (χ4n) is 3.05. The van der Waals surface area contributed by atoms with Crippen LogP contribution in [0.5, 0.6) is 5.75 Å². The number of nitrogens with zero attached hydrogens (tertiary/aromatic N) is 3. The van der Waals surface area contributed by atoms with Crippen molar-refractivity contribution in [2.75, 3.05) is 12.3 Å². The van der Waals surface area contributed by atoms with E-state index in [1.807, 2.05) is 24.3 Å². The molecular weight excluding hydrogens is 288 g/mol. The number of nitriles is 1. The van der Waals surface area contributed by atoms with Crippen LogP contribution in [0.15, 0.2) is 36.5 Å². The van der Waals surface area contributed by atoms with Gasteiger partial charge in [-0.15, -0.1) is 0 Å². The van der Waals surface area contributed by atoms with Gasteiger partial charge < -0.3 is 10.5 Å². The van der Waals surface area contributed by atoms with Crippen molar-refractivity contribution in [2.45, 2.75) is 25.7 Å². The molecule has 0 spiro atoms. The molecule has 1 fully saturated rings. The summed E-state index contributed by atoms with van der Waals surface area (Å²) in [6.45, 7) is 0.553. The minimum absolute atomic E-state index is 0.0968. The number of nitrogen functional groups attached to an aromatic ring is 1. The summed E-state index contributed by atoms with van der Waals surface area (Å²) in [5.41, 5.74) is 6.57. The first-order chi connectivity index (χ1) is 11.3. The molecule has 2 atom stereocenters. The molecule has 0 aliphatic heterocycles. The highest BCUT2D eigenvalue weighted by atomic mass is 16.5. The van der Waals surface area contributed by atoms with Gasteiger partial charge in [0.05, 0.1) is 24.2 Å². The zero-order valence-electron chi connectivity index (χ0n) is 13.0. The smallest absolute Gasteiger partial charge is 0.165 e. The van der Waals surface area contributed by atoms with Crippen LogP contribution in [0.4, 0.5) is 5.82 Å². The Morgan fingerprint density at radius 1 is 1.22 bits per heavy atom. The predicted octanol–water partition coefficient (Wildman–Crippen LogP) is 3.43. The number of aromatic nitrogens is 2. The van der Waals surface area contributed by atoms with E-state index in [1.54, 1.807) is 12.3 Å². The van der Waals surface area contributed by atoms with Crippen LogP contribution < -0.4 is 10.5 Å². The fourth-order valence-corrected chi connectivity index (χ4v) is 3.05. The van der Waals surface area contributed by atoms with Gasteiger partial charge in [-0.05, 0) is 31.0 Å². The molecule has 2 N–H and O–H groups in total. The summed E-state index contributed by atoms with van der Waals surface area (Å²) in [7, 11) is 0. The molecule has 0 bridgehead atoms. The van der Waals surface area contributed by atoms with Gasteiger partial charge in [0.2, 0.25) is 0 Å². The van der Waals surface area contributed by atoms with Gasteiger partial charge in [0, 0.05) is 12.1 Å². The summed E-state index contributed by atoms with van der Waals surface area (Å²) in [4.78, 5) is 8.54. The molecule has 1 saturated carbocycles. The lowest BCUT2D eigenvalue weighted by Crippen LogP contribution is -2.24. The number of ether oxygens (including phenoxy) is 1. The van der Waals surface area contributed by atoms with Gasteiger partial charge >= 0.3 is 0 Å². The standard InChI is InChI=1S/C18H20N4O/c19-11-13-5-1-2-6-14(13)12-23-16-8-4-3-7-15(16)18-21-10-9-17(20)22-18/h3-4,7-10,13-14H,1-2,5-6,12H2,(H2,20,21,22). The van der Waals surface area contributed by atoms with Crippen molar-refractivity contribution >= 4 is 5.82 Å².